The first kappa shape index (κ1) is 18.0. The van der Waals surface area contributed by atoms with Crippen LogP contribution in [0.25, 0.3) is 44.5 Å². The molecule has 0 radical (unpaired) electrons. The van der Waals surface area contributed by atoms with Gasteiger partial charge in [-0.25, -0.2) is 9.78 Å². The van der Waals surface area contributed by atoms with Gasteiger partial charge in [0.05, 0.1) is 23.3 Å². The minimum Gasteiger partial charge on any atom is -0.452 e. The zero-order valence-electron chi connectivity index (χ0n) is 16.9. The van der Waals surface area contributed by atoms with Crippen LogP contribution in [0.2, 0.25) is 0 Å². The van der Waals surface area contributed by atoms with Crippen molar-refractivity contribution in [1.29, 1.82) is 0 Å². The van der Waals surface area contributed by atoms with Crippen molar-refractivity contribution < 1.29 is 4.42 Å². The SMILES string of the molecule is Nc1ncc(-c2cnn(C3CCCCC3)c2)c2cc(-c3ccc4[nH]c(=O)[nH]c4c3)oc12. The second-order valence-electron chi connectivity index (χ2n) is 8.25. The lowest BCUT2D eigenvalue weighted by molar-refractivity contribution is 0.329. The van der Waals surface area contributed by atoms with Gasteiger partial charge in [-0.3, -0.25) is 4.68 Å². The summed E-state index contributed by atoms with van der Waals surface area (Å²) >= 11 is 0. The van der Waals surface area contributed by atoms with Crippen LogP contribution in [-0.2, 0) is 0 Å². The monoisotopic (exact) mass is 414 g/mol. The minimum absolute atomic E-state index is 0.234. The quantitative estimate of drug-likeness (QED) is 0.398. The highest BCUT2D eigenvalue weighted by atomic mass is 16.3. The van der Waals surface area contributed by atoms with Crippen LogP contribution >= 0.6 is 0 Å². The Hall–Kier alpha value is -3.81. The average molecular weight is 414 g/mol. The van der Waals surface area contributed by atoms with E-state index in [2.05, 4.69) is 30.9 Å². The van der Waals surface area contributed by atoms with Crippen LogP contribution in [0.4, 0.5) is 5.82 Å². The summed E-state index contributed by atoms with van der Waals surface area (Å²) in [5.74, 6) is 1.01. The van der Waals surface area contributed by atoms with E-state index in [1.807, 2.05) is 30.5 Å². The Kier molecular flexibility index (Phi) is 3.99. The number of benzene rings is 1. The van der Waals surface area contributed by atoms with Crippen LogP contribution in [-0.4, -0.2) is 24.7 Å². The smallest absolute Gasteiger partial charge is 0.323 e. The fraction of sp³-hybridized carbons (Fsp3) is 0.261. The minimum atomic E-state index is -0.234. The van der Waals surface area contributed by atoms with Crippen LogP contribution in [0.1, 0.15) is 38.1 Å². The molecule has 4 aromatic heterocycles. The van der Waals surface area contributed by atoms with Crippen molar-refractivity contribution in [3.8, 4) is 22.5 Å². The molecular formula is C23H22N6O2. The zero-order valence-corrected chi connectivity index (χ0v) is 16.9. The number of nitrogens with zero attached hydrogens (tertiary/aromatic N) is 3. The van der Waals surface area contributed by atoms with E-state index in [0.717, 1.165) is 33.1 Å². The third kappa shape index (κ3) is 3.02. The number of nitrogens with two attached hydrogens (primary N) is 1. The number of rotatable bonds is 3. The van der Waals surface area contributed by atoms with Gasteiger partial charge in [0.2, 0.25) is 0 Å². The number of H-pyrrole nitrogens is 2. The molecule has 8 heteroatoms. The van der Waals surface area contributed by atoms with Crippen molar-refractivity contribution in [3.63, 3.8) is 0 Å². The van der Waals surface area contributed by atoms with Gasteiger partial charge in [0.1, 0.15) is 5.76 Å². The predicted octanol–water partition coefficient (Wildman–Crippen LogP) is 4.62. The Morgan fingerprint density at radius 1 is 1.03 bits per heavy atom. The number of anilines is 1. The summed E-state index contributed by atoms with van der Waals surface area (Å²) in [5.41, 5.74) is 10.7. The highest BCUT2D eigenvalue weighted by Gasteiger charge is 2.19. The molecule has 0 atom stereocenters. The third-order valence-corrected chi connectivity index (χ3v) is 6.25. The molecule has 31 heavy (non-hydrogen) atoms. The van der Waals surface area contributed by atoms with Crippen molar-refractivity contribution in [3.05, 3.63) is 53.3 Å². The Morgan fingerprint density at radius 3 is 2.74 bits per heavy atom. The van der Waals surface area contributed by atoms with E-state index in [4.69, 9.17) is 10.2 Å². The molecule has 4 N–H and O–H groups in total. The zero-order chi connectivity index (χ0) is 20.9. The van der Waals surface area contributed by atoms with Gasteiger partial charge in [-0.15, -0.1) is 0 Å². The highest BCUT2D eigenvalue weighted by molar-refractivity contribution is 6.00. The predicted molar refractivity (Wildman–Crippen MR) is 120 cm³/mol. The Bertz CT molecular complexity index is 1460. The summed E-state index contributed by atoms with van der Waals surface area (Å²) in [4.78, 5) is 21.5. The summed E-state index contributed by atoms with van der Waals surface area (Å²) in [5, 5.41) is 5.53. The molecule has 1 aliphatic rings. The number of aromatic nitrogens is 5. The number of hydrogen-bond acceptors (Lipinski definition) is 5. The van der Waals surface area contributed by atoms with Gasteiger partial charge in [-0.1, -0.05) is 19.3 Å². The van der Waals surface area contributed by atoms with Gasteiger partial charge >= 0.3 is 5.69 Å². The maximum atomic E-state index is 11.6. The normalized spacial score (nSPS) is 15.2. The van der Waals surface area contributed by atoms with Crippen LogP contribution in [0, 0.1) is 0 Å². The molecular weight excluding hydrogens is 392 g/mol. The van der Waals surface area contributed by atoms with Gasteiger partial charge < -0.3 is 20.1 Å². The summed E-state index contributed by atoms with van der Waals surface area (Å²) in [7, 11) is 0. The average Bonchev–Trinajstić information content (AvgIpc) is 3.52. The number of aromatic amines is 2. The van der Waals surface area contributed by atoms with Crippen molar-refractivity contribution in [2.75, 3.05) is 5.73 Å². The van der Waals surface area contributed by atoms with E-state index in [-0.39, 0.29) is 5.69 Å². The lowest BCUT2D eigenvalue weighted by atomic mass is 9.96. The number of nitrogens with one attached hydrogen (secondary N) is 2. The number of imidazole rings is 1. The number of pyridine rings is 1. The van der Waals surface area contributed by atoms with Gasteiger partial charge in [0, 0.05) is 34.5 Å². The molecule has 4 heterocycles. The Balaban J connectivity index is 1.44. The van der Waals surface area contributed by atoms with Crippen molar-refractivity contribution in [1.82, 2.24) is 24.7 Å². The molecule has 0 unspecified atom stereocenters. The van der Waals surface area contributed by atoms with Gasteiger partial charge in [0.25, 0.3) is 0 Å². The van der Waals surface area contributed by atoms with Crippen molar-refractivity contribution in [2.45, 2.75) is 38.1 Å². The number of fused-ring (bicyclic) bond motifs is 2. The van der Waals surface area contributed by atoms with Crippen molar-refractivity contribution >= 4 is 27.8 Å². The van der Waals surface area contributed by atoms with Crippen LogP contribution in [0.3, 0.4) is 0 Å². The molecule has 0 amide bonds. The molecule has 156 valence electrons. The third-order valence-electron chi connectivity index (χ3n) is 6.25. The van der Waals surface area contributed by atoms with Crippen molar-refractivity contribution in [2.24, 2.45) is 0 Å². The van der Waals surface area contributed by atoms with Crippen LogP contribution in [0.15, 0.2) is 52.1 Å². The second kappa shape index (κ2) is 6.87. The molecule has 1 aliphatic carbocycles. The molecule has 1 saturated carbocycles. The number of furan rings is 1. The fourth-order valence-corrected chi connectivity index (χ4v) is 4.62. The summed E-state index contributed by atoms with van der Waals surface area (Å²) in [6, 6.07) is 8.10. The van der Waals surface area contributed by atoms with Gasteiger partial charge in [-0.2, -0.15) is 5.10 Å². The second-order valence-corrected chi connectivity index (χ2v) is 8.25. The molecule has 5 aromatic rings. The topological polar surface area (TPSA) is 119 Å². The standard InChI is InChI=1S/C23H22N6O2/c24-22-21-16(9-20(31-21)13-6-7-18-19(8-13)28-23(30)27-18)17(11-25-22)14-10-26-29(12-14)15-4-2-1-3-5-15/h6-12,15H,1-5H2,(H2,24,25)(H2,27,28,30). The first-order chi connectivity index (χ1) is 15.2. The summed E-state index contributed by atoms with van der Waals surface area (Å²) in [6.07, 6.45) is 12.0. The van der Waals surface area contributed by atoms with E-state index in [9.17, 15) is 4.79 Å². The largest absolute Gasteiger partial charge is 0.452 e. The molecule has 1 fully saturated rings. The molecule has 0 bridgehead atoms. The molecule has 0 saturated heterocycles. The Labute approximate surface area is 177 Å². The highest BCUT2D eigenvalue weighted by Crippen LogP contribution is 2.37. The molecule has 0 spiro atoms. The first-order valence-corrected chi connectivity index (χ1v) is 10.6. The molecule has 6 rings (SSSR count). The van der Waals surface area contributed by atoms with Crippen LogP contribution in [0.5, 0.6) is 0 Å². The summed E-state index contributed by atoms with van der Waals surface area (Å²) in [6.45, 7) is 0. The lowest BCUT2D eigenvalue weighted by Gasteiger charge is -2.21. The first-order valence-electron chi connectivity index (χ1n) is 10.6. The number of hydrogen-bond donors (Lipinski definition) is 3. The Morgan fingerprint density at radius 2 is 1.87 bits per heavy atom. The molecule has 8 nitrogen and oxygen atoms in total. The maximum absolute atomic E-state index is 11.6. The number of nitrogen functional groups attached to an aromatic ring is 1. The van der Waals surface area contributed by atoms with E-state index in [0.29, 0.717) is 23.2 Å². The fourth-order valence-electron chi connectivity index (χ4n) is 4.62. The summed E-state index contributed by atoms with van der Waals surface area (Å²) < 4.78 is 8.20. The van der Waals surface area contributed by atoms with Crippen LogP contribution < -0.4 is 11.4 Å². The van der Waals surface area contributed by atoms with E-state index in [1.54, 1.807) is 6.20 Å². The lowest BCUT2D eigenvalue weighted by Crippen LogP contribution is -2.12. The van der Waals surface area contributed by atoms with Gasteiger partial charge in [0.15, 0.2) is 11.4 Å². The maximum Gasteiger partial charge on any atom is 0.323 e. The van der Waals surface area contributed by atoms with E-state index < -0.39 is 0 Å². The van der Waals surface area contributed by atoms with Gasteiger partial charge in [-0.05, 0) is 37.1 Å². The molecule has 0 aliphatic heterocycles. The van der Waals surface area contributed by atoms with E-state index >= 15 is 0 Å². The molecule has 1 aromatic carbocycles. The van der Waals surface area contributed by atoms with E-state index in [1.165, 1.54) is 32.1 Å².